The van der Waals surface area contributed by atoms with Gasteiger partial charge in [-0.1, -0.05) is 39.5 Å². The SMILES string of the molecule is CCC[C@H](N)C(=O)NCC1CCC(CC)CC1. The molecule has 17 heavy (non-hydrogen) atoms. The Morgan fingerprint density at radius 3 is 2.35 bits per heavy atom. The van der Waals surface area contributed by atoms with Crippen molar-refractivity contribution >= 4 is 5.91 Å². The van der Waals surface area contributed by atoms with Crippen LogP contribution >= 0.6 is 0 Å². The maximum absolute atomic E-state index is 11.7. The van der Waals surface area contributed by atoms with Gasteiger partial charge >= 0.3 is 0 Å². The molecule has 100 valence electrons. The highest BCUT2D eigenvalue weighted by Crippen LogP contribution is 2.30. The summed E-state index contributed by atoms with van der Waals surface area (Å²) in [6.07, 6.45) is 8.25. The normalized spacial score (nSPS) is 26.5. The zero-order valence-corrected chi connectivity index (χ0v) is 11.4. The maximum Gasteiger partial charge on any atom is 0.236 e. The molecule has 1 aliphatic carbocycles. The molecule has 1 aliphatic rings. The number of nitrogens with one attached hydrogen (secondary N) is 1. The summed E-state index contributed by atoms with van der Waals surface area (Å²) in [5.41, 5.74) is 5.77. The summed E-state index contributed by atoms with van der Waals surface area (Å²) < 4.78 is 0. The Morgan fingerprint density at radius 2 is 1.82 bits per heavy atom. The molecule has 1 atom stereocenters. The summed E-state index contributed by atoms with van der Waals surface area (Å²) in [6, 6.07) is -0.313. The summed E-state index contributed by atoms with van der Waals surface area (Å²) in [5.74, 6) is 1.63. The van der Waals surface area contributed by atoms with Gasteiger partial charge in [0.1, 0.15) is 0 Å². The van der Waals surface area contributed by atoms with E-state index in [1.807, 2.05) is 0 Å². The van der Waals surface area contributed by atoms with Crippen molar-refractivity contribution in [1.82, 2.24) is 5.32 Å². The fourth-order valence-electron chi connectivity index (χ4n) is 2.66. The van der Waals surface area contributed by atoms with Gasteiger partial charge in [0.05, 0.1) is 6.04 Å². The summed E-state index contributed by atoms with van der Waals surface area (Å²) in [6.45, 7) is 5.16. The molecule has 0 aliphatic heterocycles. The van der Waals surface area contributed by atoms with Gasteiger partial charge in [-0.25, -0.2) is 0 Å². The molecule has 3 N–H and O–H groups in total. The van der Waals surface area contributed by atoms with E-state index in [2.05, 4.69) is 19.2 Å². The third kappa shape index (κ3) is 5.07. The summed E-state index contributed by atoms with van der Waals surface area (Å²) >= 11 is 0. The molecule has 1 amide bonds. The lowest BCUT2D eigenvalue weighted by Crippen LogP contribution is -2.42. The second-order valence-corrected chi connectivity index (χ2v) is 5.44. The fourth-order valence-corrected chi connectivity index (χ4v) is 2.66. The molecule has 0 unspecified atom stereocenters. The highest BCUT2D eigenvalue weighted by atomic mass is 16.2. The zero-order valence-electron chi connectivity index (χ0n) is 11.4. The molecule has 0 aromatic heterocycles. The first-order valence-corrected chi connectivity index (χ1v) is 7.20. The lowest BCUT2D eigenvalue weighted by atomic mass is 9.81. The molecule has 0 aromatic rings. The zero-order chi connectivity index (χ0) is 12.7. The molecule has 3 nitrogen and oxygen atoms in total. The Labute approximate surface area is 106 Å². The van der Waals surface area contributed by atoms with E-state index in [-0.39, 0.29) is 11.9 Å². The van der Waals surface area contributed by atoms with Crippen molar-refractivity contribution in [1.29, 1.82) is 0 Å². The average molecular weight is 240 g/mol. The summed E-state index contributed by atoms with van der Waals surface area (Å²) in [7, 11) is 0. The van der Waals surface area contributed by atoms with E-state index in [0.717, 1.165) is 25.3 Å². The van der Waals surface area contributed by atoms with Crippen LogP contribution in [-0.4, -0.2) is 18.5 Å². The number of nitrogens with two attached hydrogens (primary N) is 1. The van der Waals surface area contributed by atoms with Crippen molar-refractivity contribution in [3.05, 3.63) is 0 Å². The molecule has 0 heterocycles. The van der Waals surface area contributed by atoms with Gasteiger partial charge in [-0.2, -0.15) is 0 Å². The third-order valence-electron chi connectivity index (χ3n) is 4.05. The van der Waals surface area contributed by atoms with E-state index in [9.17, 15) is 4.79 Å². The van der Waals surface area contributed by atoms with Crippen molar-refractivity contribution in [2.45, 2.75) is 64.8 Å². The van der Waals surface area contributed by atoms with Gasteiger partial charge in [0, 0.05) is 6.54 Å². The summed E-state index contributed by atoms with van der Waals surface area (Å²) in [5, 5.41) is 3.01. The van der Waals surface area contributed by atoms with E-state index < -0.39 is 0 Å². The summed E-state index contributed by atoms with van der Waals surface area (Å²) in [4.78, 5) is 11.7. The van der Waals surface area contributed by atoms with Gasteiger partial charge in [-0.05, 0) is 31.1 Å². The standard InChI is InChI=1S/C14H28N2O/c1-3-5-13(15)14(17)16-10-12-8-6-11(4-2)7-9-12/h11-13H,3-10,15H2,1-2H3,(H,16,17)/t11?,12?,13-/m0/s1. The van der Waals surface area contributed by atoms with Crippen LogP contribution in [-0.2, 0) is 4.79 Å². The quantitative estimate of drug-likeness (QED) is 0.749. The number of rotatable bonds is 6. The minimum atomic E-state index is -0.313. The van der Waals surface area contributed by atoms with Gasteiger partial charge in [0.15, 0.2) is 0 Å². The van der Waals surface area contributed by atoms with Crippen LogP contribution in [0.1, 0.15) is 58.8 Å². The molecule has 3 heteroatoms. The van der Waals surface area contributed by atoms with Crippen LogP contribution in [0.4, 0.5) is 0 Å². The average Bonchev–Trinajstić information content (AvgIpc) is 2.36. The molecule has 0 bridgehead atoms. The second kappa shape index (κ2) is 7.70. The molecule has 0 spiro atoms. The Balaban J connectivity index is 2.16. The molecule has 0 saturated heterocycles. The number of amides is 1. The van der Waals surface area contributed by atoms with Crippen LogP contribution < -0.4 is 11.1 Å². The smallest absolute Gasteiger partial charge is 0.236 e. The molecule has 0 radical (unpaired) electrons. The first-order valence-electron chi connectivity index (χ1n) is 7.20. The third-order valence-corrected chi connectivity index (χ3v) is 4.05. The molecular formula is C14H28N2O. The maximum atomic E-state index is 11.7. The minimum Gasteiger partial charge on any atom is -0.354 e. The molecule has 1 fully saturated rings. The van der Waals surface area contributed by atoms with E-state index in [0.29, 0.717) is 5.92 Å². The van der Waals surface area contributed by atoms with Crippen LogP contribution in [0.25, 0.3) is 0 Å². The molecular weight excluding hydrogens is 212 g/mol. The topological polar surface area (TPSA) is 55.1 Å². The Bertz CT molecular complexity index is 222. The fraction of sp³-hybridized carbons (Fsp3) is 0.929. The van der Waals surface area contributed by atoms with E-state index >= 15 is 0 Å². The van der Waals surface area contributed by atoms with Crippen molar-refractivity contribution in [3.8, 4) is 0 Å². The van der Waals surface area contributed by atoms with E-state index in [1.165, 1.54) is 32.1 Å². The number of hydrogen-bond acceptors (Lipinski definition) is 2. The van der Waals surface area contributed by atoms with Gasteiger partial charge in [-0.3, -0.25) is 4.79 Å². The highest BCUT2D eigenvalue weighted by molar-refractivity contribution is 5.81. The van der Waals surface area contributed by atoms with Crippen LogP contribution in [0.3, 0.4) is 0 Å². The Hall–Kier alpha value is -0.570. The van der Waals surface area contributed by atoms with Gasteiger partial charge in [0.25, 0.3) is 0 Å². The molecule has 1 rings (SSSR count). The Kier molecular flexibility index (Phi) is 6.56. The lowest BCUT2D eigenvalue weighted by molar-refractivity contribution is -0.122. The largest absolute Gasteiger partial charge is 0.354 e. The van der Waals surface area contributed by atoms with E-state index in [4.69, 9.17) is 5.73 Å². The van der Waals surface area contributed by atoms with Crippen molar-refractivity contribution in [2.75, 3.05) is 6.54 Å². The van der Waals surface area contributed by atoms with Crippen LogP contribution in [0.5, 0.6) is 0 Å². The highest BCUT2D eigenvalue weighted by Gasteiger charge is 2.21. The van der Waals surface area contributed by atoms with Crippen molar-refractivity contribution < 1.29 is 4.79 Å². The van der Waals surface area contributed by atoms with Gasteiger partial charge in [0.2, 0.25) is 5.91 Å². The minimum absolute atomic E-state index is 0.0319. The van der Waals surface area contributed by atoms with Crippen molar-refractivity contribution in [2.24, 2.45) is 17.6 Å². The van der Waals surface area contributed by atoms with E-state index in [1.54, 1.807) is 0 Å². The van der Waals surface area contributed by atoms with Gasteiger partial charge < -0.3 is 11.1 Å². The van der Waals surface area contributed by atoms with Crippen LogP contribution in [0.2, 0.25) is 0 Å². The second-order valence-electron chi connectivity index (χ2n) is 5.44. The molecule has 1 saturated carbocycles. The predicted molar refractivity (Wildman–Crippen MR) is 71.6 cm³/mol. The van der Waals surface area contributed by atoms with Crippen LogP contribution in [0, 0.1) is 11.8 Å². The lowest BCUT2D eigenvalue weighted by Gasteiger charge is -2.28. The monoisotopic (exact) mass is 240 g/mol. The number of hydrogen-bond donors (Lipinski definition) is 2. The Morgan fingerprint density at radius 1 is 1.24 bits per heavy atom. The number of carbonyl (C=O) groups is 1. The van der Waals surface area contributed by atoms with Crippen LogP contribution in [0.15, 0.2) is 0 Å². The van der Waals surface area contributed by atoms with Crippen molar-refractivity contribution in [3.63, 3.8) is 0 Å². The first-order chi connectivity index (χ1) is 8.17. The van der Waals surface area contributed by atoms with Gasteiger partial charge in [-0.15, -0.1) is 0 Å². The first kappa shape index (κ1) is 14.5. The molecule has 0 aromatic carbocycles. The predicted octanol–water partition coefficient (Wildman–Crippen LogP) is 2.45. The number of carbonyl (C=O) groups excluding carboxylic acids is 1.